The fraction of sp³-hybridized carbons (Fsp3) is 0.364. The molecule has 5 heteroatoms. The molecule has 1 rings (SSSR count). The summed E-state index contributed by atoms with van der Waals surface area (Å²) in [5, 5.41) is 0.351. The van der Waals surface area contributed by atoms with Crippen molar-refractivity contribution in [3.05, 3.63) is 28.8 Å². The molecule has 4 nitrogen and oxygen atoms in total. The molecule has 0 amide bonds. The average molecular weight is 243 g/mol. The Kier molecular flexibility index (Phi) is 4.58. The van der Waals surface area contributed by atoms with Gasteiger partial charge in [-0.05, 0) is 32.3 Å². The normalized spacial score (nSPS) is 10.5. The Morgan fingerprint density at radius 1 is 1.50 bits per heavy atom. The van der Waals surface area contributed by atoms with E-state index in [0.29, 0.717) is 29.4 Å². The van der Waals surface area contributed by atoms with E-state index >= 15 is 0 Å². The van der Waals surface area contributed by atoms with E-state index in [1.807, 2.05) is 19.0 Å². The number of nitrogen functional groups attached to an aromatic ring is 1. The minimum absolute atomic E-state index is 0.306. The van der Waals surface area contributed by atoms with E-state index in [0.717, 1.165) is 0 Å². The van der Waals surface area contributed by atoms with E-state index < -0.39 is 5.97 Å². The second kappa shape index (κ2) is 5.72. The number of ether oxygens (including phenoxy) is 1. The van der Waals surface area contributed by atoms with Crippen LogP contribution in [-0.4, -0.2) is 38.1 Å². The van der Waals surface area contributed by atoms with Crippen molar-refractivity contribution < 1.29 is 9.53 Å². The highest BCUT2D eigenvalue weighted by molar-refractivity contribution is 6.33. The predicted octanol–water partition coefficient (Wildman–Crippen LogP) is 1.64. The summed E-state index contributed by atoms with van der Waals surface area (Å²) in [5.41, 5.74) is 6.36. The van der Waals surface area contributed by atoms with Crippen molar-refractivity contribution in [1.82, 2.24) is 4.90 Å². The van der Waals surface area contributed by atoms with Crippen molar-refractivity contribution in [2.24, 2.45) is 0 Å². The van der Waals surface area contributed by atoms with Crippen LogP contribution in [0.15, 0.2) is 18.2 Å². The molecule has 0 aliphatic heterocycles. The first-order chi connectivity index (χ1) is 7.50. The monoisotopic (exact) mass is 242 g/mol. The zero-order chi connectivity index (χ0) is 12.1. The fourth-order valence-electron chi connectivity index (χ4n) is 1.10. The molecule has 0 aliphatic rings. The van der Waals surface area contributed by atoms with Gasteiger partial charge in [0.1, 0.15) is 6.61 Å². The van der Waals surface area contributed by atoms with Crippen LogP contribution in [-0.2, 0) is 4.74 Å². The first-order valence-electron chi connectivity index (χ1n) is 4.87. The highest BCUT2D eigenvalue weighted by Gasteiger charge is 2.11. The maximum absolute atomic E-state index is 11.6. The third-order valence-corrected chi connectivity index (χ3v) is 2.31. The van der Waals surface area contributed by atoms with E-state index in [1.165, 1.54) is 6.07 Å². The first kappa shape index (κ1) is 12.8. The van der Waals surface area contributed by atoms with Gasteiger partial charge in [-0.1, -0.05) is 11.6 Å². The van der Waals surface area contributed by atoms with Crippen LogP contribution in [0, 0.1) is 0 Å². The molecule has 0 radical (unpaired) electrons. The number of rotatable bonds is 4. The second-order valence-corrected chi connectivity index (χ2v) is 4.09. The number of benzene rings is 1. The molecule has 0 aliphatic carbocycles. The smallest absolute Gasteiger partial charge is 0.339 e. The number of esters is 1. The molecule has 0 saturated heterocycles. The Bertz CT molecular complexity index is 380. The van der Waals surface area contributed by atoms with Crippen LogP contribution in [0.4, 0.5) is 5.69 Å². The summed E-state index contributed by atoms with van der Waals surface area (Å²) in [6, 6.07) is 4.73. The first-order valence-corrected chi connectivity index (χ1v) is 5.25. The third-order valence-electron chi connectivity index (χ3n) is 1.98. The highest BCUT2D eigenvalue weighted by Crippen LogP contribution is 2.19. The number of likely N-dealkylation sites (N-methyl/N-ethyl adjacent to an activating group) is 1. The van der Waals surface area contributed by atoms with Crippen LogP contribution in [0.2, 0.25) is 5.02 Å². The van der Waals surface area contributed by atoms with Gasteiger partial charge in [-0.2, -0.15) is 0 Å². The highest BCUT2D eigenvalue weighted by atomic mass is 35.5. The molecular weight excluding hydrogens is 228 g/mol. The van der Waals surface area contributed by atoms with Crippen LogP contribution >= 0.6 is 11.6 Å². The molecule has 1 aromatic rings. The zero-order valence-corrected chi connectivity index (χ0v) is 10.1. The lowest BCUT2D eigenvalue weighted by molar-refractivity contribution is 0.0482. The zero-order valence-electron chi connectivity index (χ0n) is 9.37. The Morgan fingerprint density at radius 2 is 2.19 bits per heavy atom. The Labute approximate surface area is 99.9 Å². The summed E-state index contributed by atoms with van der Waals surface area (Å²) in [6.07, 6.45) is 0. The second-order valence-electron chi connectivity index (χ2n) is 3.68. The van der Waals surface area contributed by atoms with Gasteiger partial charge < -0.3 is 15.4 Å². The average Bonchev–Trinajstić information content (AvgIpc) is 2.21. The van der Waals surface area contributed by atoms with E-state index in [2.05, 4.69) is 0 Å². The number of nitrogens with zero attached hydrogens (tertiary/aromatic N) is 1. The topological polar surface area (TPSA) is 55.6 Å². The van der Waals surface area contributed by atoms with Gasteiger partial charge in [0.2, 0.25) is 0 Å². The van der Waals surface area contributed by atoms with Gasteiger partial charge in [0.15, 0.2) is 0 Å². The maximum atomic E-state index is 11.6. The van der Waals surface area contributed by atoms with Gasteiger partial charge in [0, 0.05) is 12.2 Å². The third kappa shape index (κ3) is 3.72. The molecule has 0 fully saturated rings. The predicted molar refractivity (Wildman–Crippen MR) is 64.7 cm³/mol. The Morgan fingerprint density at radius 3 is 2.81 bits per heavy atom. The molecule has 1 aromatic carbocycles. The van der Waals surface area contributed by atoms with Crippen molar-refractivity contribution in [2.75, 3.05) is 33.0 Å². The fourth-order valence-corrected chi connectivity index (χ4v) is 1.29. The van der Waals surface area contributed by atoms with Gasteiger partial charge in [-0.25, -0.2) is 4.79 Å². The van der Waals surface area contributed by atoms with Crippen LogP contribution in [0.25, 0.3) is 0 Å². The lowest BCUT2D eigenvalue weighted by atomic mass is 10.2. The molecule has 88 valence electrons. The molecule has 0 heterocycles. The van der Waals surface area contributed by atoms with E-state index in [1.54, 1.807) is 12.1 Å². The van der Waals surface area contributed by atoms with Crippen molar-refractivity contribution in [3.8, 4) is 0 Å². The number of anilines is 1. The van der Waals surface area contributed by atoms with Crippen LogP contribution in [0.1, 0.15) is 10.4 Å². The van der Waals surface area contributed by atoms with Crippen molar-refractivity contribution in [3.63, 3.8) is 0 Å². The van der Waals surface area contributed by atoms with Gasteiger partial charge in [0.25, 0.3) is 0 Å². The summed E-state index contributed by atoms with van der Waals surface area (Å²) in [5.74, 6) is -0.445. The quantitative estimate of drug-likeness (QED) is 0.644. The van der Waals surface area contributed by atoms with Gasteiger partial charge in [-0.3, -0.25) is 0 Å². The number of carbonyl (C=O) groups excluding carboxylic acids is 1. The molecule has 0 unspecified atom stereocenters. The van der Waals surface area contributed by atoms with Crippen molar-refractivity contribution in [2.45, 2.75) is 0 Å². The summed E-state index contributed by atoms with van der Waals surface area (Å²) >= 11 is 5.87. The van der Waals surface area contributed by atoms with Crippen LogP contribution in [0.5, 0.6) is 0 Å². The molecule has 0 atom stereocenters. The van der Waals surface area contributed by atoms with E-state index in [9.17, 15) is 4.79 Å². The summed E-state index contributed by atoms with van der Waals surface area (Å²) in [6.45, 7) is 1.00. The maximum Gasteiger partial charge on any atom is 0.339 e. The van der Waals surface area contributed by atoms with Gasteiger partial charge in [0.05, 0.1) is 10.6 Å². The molecule has 0 bridgehead atoms. The number of hydrogen-bond donors (Lipinski definition) is 1. The largest absolute Gasteiger partial charge is 0.461 e. The van der Waals surface area contributed by atoms with Gasteiger partial charge in [-0.15, -0.1) is 0 Å². The van der Waals surface area contributed by atoms with Crippen molar-refractivity contribution in [1.29, 1.82) is 0 Å². The van der Waals surface area contributed by atoms with Crippen LogP contribution in [0.3, 0.4) is 0 Å². The standard InChI is InChI=1S/C11H15ClN2O2/c1-14(2)5-6-16-11(15)9-7-8(13)3-4-10(9)12/h3-4,7H,5-6,13H2,1-2H3. The summed E-state index contributed by atoms with van der Waals surface area (Å²) in [4.78, 5) is 13.5. The van der Waals surface area contributed by atoms with E-state index in [4.69, 9.17) is 22.1 Å². The number of nitrogens with two attached hydrogens (primary N) is 1. The minimum atomic E-state index is -0.445. The van der Waals surface area contributed by atoms with Gasteiger partial charge >= 0.3 is 5.97 Å². The molecule has 2 N–H and O–H groups in total. The molecule has 0 spiro atoms. The summed E-state index contributed by atoms with van der Waals surface area (Å²) in [7, 11) is 3.81. The number of hydrogen-bond acceptors (Lipinski definition) is 4. The lowest BCUT2D eigenvalue weighted by Crippen LogP contribution is -2.20. The SMILES string of the molecule is CN(C)CCOC(=O)c1cc(N)ccc1Cl. The Balaban J connectivity index is 2.62. The Hall–Kier alpha value is -1.26. The lowest BCUT2D eigenvalue weighted by Gasteiger charge is -2.10. The molecule has 0 aromatic heterocycles. The number of halogens is 1. The van der Waals surface area contributed by atoms with E-state index in [-0.39, 0.29) is 0 Å². The van der Waals surface area contributed by atoms with Crippen molar-refractivity contribution >= 4 is 23.3 Å². The summed E-state index contributed by atoms with van der Waals surface area (Å²) < 4.78 is 5.05. The molecule has 0 saturated carbocycles. The molecular formula is C11H15ClN2O2. The van der Waals surface area contributed by atoms with Crippen LogP contribution < -0.4 is 5.73 Å². The number of carbonyl (C=O) groups is 1. The molecule has 16 heavy (non-hydrogen) atoms. The minimum Gasteiger partial charge on any atom is -0.461 e.